The summed E-state index contributed by atoms with van der Waals surface area (Å²) >= 11 is 0. The molecule has 0 saturated carbocycles. The monoisotopic (exact) mass is 314 g/mol. The van der Waals surface area contributed by atoms with Crippen molar-refractivity contribution in [3.63, 3.8) is 0 Å². The van der Waals surface area contributed by atoms with Crippen LogP contribution in [0.2, 0.25) is 0 Å². The van der Waals surface area contributed by atoms with Gasteiger partial charge in [0.1, 0.15) is 0 Å². The van der Waals surface area contributed by atoms with Gasteiger partial charge in [0.25, 0.3) is 5.41 Å². The first-order valence-corrected chi connectivity index (χ1v) is 6.44. The molecule has 0 saturated heterocycles. The number of aliphatic carboxylic acids is 4. The predicted molar refractivity (Wildman–Crippen MR) is 58.0 cm³/mol. The Morgan fingerprint density at radius 2 is 1.15 bits per heavy atom. The Morgan fingerprint density at radius 3 is 1.20 bits per heavy atom. The molecule has 1 atom stereocenters. The molecule has 11 nitrogen and oxygen atoms in total. The van der Waals surface area contributed by atoms with E-state index in [2.05, 4.69) is 0 Å². The number of carboxylic acid groups (broad SMARTS) is 4. The van der Waals surface area contributed by atoms with Crippen molar-refractivity contribution in [3.05, 3.63) is 0 Å². The summed E-state index contributed by atoms with van der Waals surface area (Å²) in [5.74, 6) is -10.7. The molecular formula is C8H11O11P. The van der Waals surface area contributed by atoms with Gasteiger partial charge in [-0.1, -0.05) is 6.92 Å². The maximum absolute atomic E-state index is 11.4. The predicted octanol–water partition coefficient (Wildman–Crippen LogP) is -1.36. The Bertz CT molecular complexity index is 480. The maximum atomic E-state index is 11.4. The lowest BCUT2D eigenvalue weighted by Crippen LogP contribution is -2.65. The van der Waals surface area contributed by atoms with Gasteiger partial charge in [-0.05, 0) is 6.42 Å². The number of carboxylic acids is 4. The van der Waals surface area contributed by atoms with E-state index >= 15 is 0 Å². The zero-order valence-electron chi connectivity index (χ0n) is 9.88. The van der Waals surface area contributed by atoms with Crippen molar-refractivity contribution >= 4 is 31.5 Å². The van der Waals surface area contributed by atoms with E-state index in [1.165, 1.54) is 0 Å². The van der Waals surface area contributed by atoms with Gasteiger partial charge in [0.2, 0.25) is 5.16 Å². The van der Waals surface area contributed by atoms with E-state index in [9.17, 15) is 23.7 Å². The Hall–Kier alpha value is -1.97. The lowest BCUT2D eigenvalue weighted by molar-refractivity contribution is -0.184. The molecule has 0 amide bonds. The third kappa shape index (κ3) is 1.96. The van der Waals surface area contributed by atoms with Crippen LogP contribution in [0.3, 0.4) is 0 Å². The van der Waals surface area contributed by atoms with Crippen molar-refractivity contribution in [2.45, 2.75) is 18.5 Å². The highest BCUT2D eigenvalue weighted by atomic mass is 31.2. The van der Waals surface area contributed by atoms with E-state index in [4.69, 9.17) is 30.2 Å². The quantitative estimate of drug-likeness (QED) is 0.239. The van der Waals surface area contributed by atoms with Crippen molar-refractivity contribution in [2.75, 3.05) is 0 Å². The number of hydrogen-bond acceptors (Lipinski definition) is 5. The molecule has 1 unspecified atom stereocenters. The summed E-state index contributed by atoms with van der Waals surface area (Å²) in [5, 5.41) is 31.7. The molecule has 0 spiro atoms. The molecular weight excluding hydrogens is 303 g/mol. The number of rotatable bonds is 7. The molecule has 114 valence electrons. The molecule has 0 aromatic rings. The van der Waals surface area contributed by atoms with Crippen LogP contribution < -0.4 is 0 Å². The standard InChI is InChI=1S/C8H11O11P/c1-2-7(3(9)10,20(17,18)19)8(4(11)12,5(13)14)6(15)16/h2H2,1H3,(H,9,10)(H,11,12)(H,13,14)(H,15,16)(H2,17,18,19). The fourth-order valence-electron chi connectivity index (χ4n) is 1.93. The summed E-state index contributed by atoms with van der Waals surface area (Å²) in [6.45, 7) is 0.761. The van der Waals surface area contributed by atoms with Crippen LogP contribution in [0.15, 0.2) is 0 Å². The maximum Gasteiger partial charge on any atom is 0.345 e. The smallest absolute Gasteiger partial charge is 0.345 e. The molecule has 0 aromatic carbocycles. The first-order chi connectivity index (χ1) is 8.83. The van der Waals surface area contributed by atoms with Gasteiger partial charge < -0.3 is 30.2 Å². The van der Waals surface area contributed by atoms with Gasteiger partial charge in [-0.2, -0.15) is 0 Å². The molecule has 0 aromatic heterocycles. The van der Waals surface area contributed by atoms with Gasteiger partial charge in [0.15, 0.2) is 0 Å². The van der Waals surface area contributed by atoms with E-state index in [1.807, 2.05) is 0 Å². The van der Waals surface area contributed by atoms with Crippen LogP contribution in [0, 0.1) is 5.41 Å². The van der Waals surface area contributed by atoms with Crippen molar-refractivity contribution in [2.24, 2.45) is 5.41 Å². The van der Waals surface area contributed by atoms with Crippen LogP contribution in [0.1, 0.15) is 13.3 Å². The molecule has 0 rings (SSSR count). The molecule has 0 fully saturated rings. The molecule has 0 bridgehead atoms. The number of hydrogen-bond donors (Lipinski definition) is 6. The summed E-state index contributed by atoms with van der Waals surface area (Å²) in [6, 6.07) is 0. The van der Waals surface area contributed by atoms with E-state index in [0.717, 1.165) is 6.92 Å². The molecule has 12 heteroatoms. The summed E-state index contributed by atoms with van der Waals surface area (Å²) in [6.07, 6.45) is -1.24. The lowest BCUT2D eigenvalue weighted by atomic mass is 9.72. The van der Waals surface area contributed by atoms with E-state index in [0.29, 0.717) is 0 Å². The highest BCUT2D eigenvalue weighted by Crippen LogP contribution is 2.61. The third-order valence-corrected chi connectivity index (χ3v) is 4.78. The van der Waals surface area contributed by atoms with E-state index in [1.54, 1.807) is 0 Å². The Kier molecular flexibility index (Phi) is 4.68. The minimum atomic E-state index is -5.99. The third-order valence-electron chi connectivity index (χ3n) is 2.95. The van der Waals surface area contributed by atoms with Crippen LogP contribution in [0.25, 0.3) is 0 Å². The average molecular weight is 314 g/mol. The second-order valence-electron chi connectivity index (χ2n) is 3.73. The van der Waals surface area contributed by atoms with E-state index in [-0.39, 0.29) is 0 Å². The highest BCUT2D eigenvalue weighted by molar-refractivity contribution is 7.55. The lowest BCUT2D eigenvalue weighted by Gasteiger charge is -2.38. The SMILES string of the molecule is CCC(C(=O)O)(C(C(=O)O)(C(=O)O)C(=O)O)P(=O)(O)O. The normalized spacial score (nSPS) is 15.2. The Balaban J connectivity index is 7.05. The van der Waals surface area contributed by atoms with Crippen molar-refractivity contribution in [3.8, 4) is 0 Å². The van der Waals surface area contributed by atoms with Gasteiger partial charge in [-0.15, -0.1) is 0 Å². The minimum Gasteiger partial charge on any atom is -0.480 e. The summed E-state index contributed by atoms with van der Waals surface area (Å²) in [5.41, 5.74) is -4.24. The highest BCUT2D eigenvalue weighted by Gasteiger charge is 2.78. The molecule has 6 N–H and O–H groups in total. The van der Waals surface area contributed by atoms with Crippen LogP contribution in [0.5, 0.6) is 0 Å². The molecule has 0 aliphatic rings. The van der Waals surface area contributed by atoms with Crippen molar-refractivity contribution in [1.29, 1.82) is 0 Å². The van der Waals surface area contributed by atoms with Gasteiger partial charge in [-0.3, -0.25) is 23.7 Å². The van der Waals surface area contributed by atoms with Crippen LogP contribution >= 0.6 is 7.60 Å². The van der Waals surface area contributed by atoms with Gasteiger partial charge in [-0.25, -0.2) is 0 Å². The molecule has 0 aliphatic carbocycles. The second-order valence-corrected chi connectivity index (χ2v) is 5.58. The zero-order chi connectivity index (χ0) is 16.5. The molecule has 0 aliphatic heterocycles. The fraction of sp³-hybridized carbons (Fsp3) is 0.500. The minimum absolute atomic E-state index is 0.761. The number of carbonyl (C=O) groups is 4. The molecule has 0 heterocycles. The Labute approximate surface area is 110 Å². The van der Waals surface area contributed by atoms with Crippen LogP contribution in [-0.4, -0.2) is 59.2 Å². The largest absolute Gasteiger partial charge is 0.480 e. The summed E-state index contributed by atoms with van der Waals surface area (Å²) in [7, 11) is -5.99. The van der Waals surface area contributed by atoms with Crippen molar-refractivity contribution in [1.82, 2.24) is 0 Å². The topological polar surface area (TPSA) is 207 Å². The van der Waals surface area contributed by atoms with Crippen LogP contribution in [-0.2, 0) is 23.7 Å². The summed E-state index contributed by atoms with van der Waals surface area (Å²) < 4.78 is 11.4. The first kappa shape index (κ1) is 18.0. The van der Waals surface area contributed by atoms with Crippen LogP contribution in [0.4, 0.5) is 0 Å². The average Bonchev–Trinajstić information content (AvgIpc) is 2.20. The van der Waals surface area contributed by atoms with E-state index < -0.39 is 48.5 Å². The fourth-order valence-corrected chi connectivity index (χ4v) is 3.32. The van der Waals surface area contributed by atoms with Gasteiger partial charge in [0, 0.05) is 0 Å². The second kappa shape index (κ2) is 5.19. The zero-order valence-corrected chi connectivity index (χ0v) is 10.8. The first-order valence-electron chi connectivity index (χ1n) is 4.83. The van der Waals surface area contributed by atoms with Gasteiger partial charge in [0.05, 0.1) is 0 Å². The van der Waals surface area contributed by atoms with Gasteiger partial charge >= 0.3 is 31.5 Å². The Morgan fingerprint density at radius 1 is 0.850 bits per heavy atom. The van der Waals surface area contributed by atoms with Crippen molar-refractivity contribution < 1.29 is 54.0 Å². The molecule has 20 heavy (non-hydrogen) atoms. The molecule has 0 radical (unpaired) electrons. The summed E-state index contributed by atoms with van der Waals surface area (Å²) in [4.78, 5) is 62.7.